The van der Waals surface area contributed by atoms with Crippen molar-refractivity contribution in [2.24, 2.45) is 0 Å². The second-order valence-corrected chi connectivity index (χ2v) is 6.96. The van der Waals surface area contributed by atoms with E-state index in [0.717, 1.165) is 35.5 Å². The molecule has 9 heteroatoms. The molecule has 6 nitrogen and oxygen atoms in total. The molecule has 3 heterocycles. The Morgan fingerprint density at radius 3 is 2.52 bits per heavy atom. The zero-order valence-electron chi connectivity index (χ0n) is 15.1. The second kappa shape index (κ2) is 6.54. The van der Waals surface area contributed by atoms with Gasteiger partial charge in [-0.05, 0) is 30.5 Å². The molecule has 1 aliphatic rings. The molecule has 0 radical (unpaired) electrons. The van der Waals surface area contributed by atoms with E-state index in [2.05, 4.69) is 25.4 Å². The molecule has 0 atom stereocenters. The molecular weight excluding hydrogens is 381 g/mol. The number of halogens is 3. The Morgan fingerprint density at radius 2 is 1.79 bits per heavy atom. The quantitative estimate of drug-likeness (QED) is 0.527. The maximum Gasteiger partial charge on any atom is 0.433 e. The predicted octanol–water partition coefficient (Wildman–Crippen LogP) is 4.99. The molecule has 4 aromatic rings. The zero-order chi connectivity index (χ0) is 20.0. The Kier molecular flexibility index (Phi) is 3.97. The van der Waals surface area contributed by atoms with E-state index in [1.54, 1.807) is 18.5 Å². The molecule has 3 aromatic heterocycles. The maximum absolute atomic E-state index is 12.7. The van der Waals surface area contributed by atoms with Crippen LogP contribution >= 0.6 is 0 Å². The number of hydrogen-bond donors (Lipinski definition) is 1. The molecule has 146 valence electrons. The van der Waals surface area contributed by atoms with Gasteiger partial charge in [0.25, 0.3) is 0 Å². The molecule has 1 N–H and O–H groups in total. The maximum atomic E-state index is 12.7. The smallest absolute Gasteiger partial charge is 0.321 e. The second-order valence-electron chi connectivity index (χ2n) is 6.96. The van der Waals surface area contributed by atoms with Crippen molar-refractivity contribution >= 4 is 22.5 Å². The lowest BCUT2D eigenvalue weighted by atomic mass is 10.1. The first kappa shape index (κ1) is 17.6. The third kappa shape index (κ3) is 3.63. The summed E-state index contributed by atoms with van der Waals surface area (Å²) in [6.07, 6.45) is 4.42. The summed E-state index contributed by atoms with van der Waals surface area (Å²) in [7, 11) is 0. The first-order valence-electron chi connectivity index (χ1n) is 9.07. The minimum atomic E-state index is -4.46. The van der Waals surface area contributed by atoms with Gasteiger partial charge in [0.1, 0.15) is 5.69 Å². The average molecular weight is 396 g/mol. The van der Waals surface area contributed by atoms with E-state index >= 15 is 0 Å². The van der Waals surface area contributed by atoms with Gasteiger partial charge in [0, 0.05) is 29.5 Å². The Bertz CT molecular complexity index is 1180. The van der Waals surface area contributed by atoms with Gasteiger partial charge < -0.3 is 5.32 Å². The van der Waals surface area contributed by atoms with Crippen LogP contribution < -0.4 is 5.32 Å². The van der Waals surface area contributed by atoms with Crippen LogP contribution in [0.5, 0.6) is 0 Å². The fourth-order valence-electron chi connectivity index (χ4n) is 3.07. The summed E-state index contributed by atoms with van der Waals surface area (Å²) in [6.45, 7) is 0. The van der Waals surface area contributed by atoms with Crippen molar-refractivity contribution in [3.8, 4) is 11.1 Å². The predicted molar refractivity (Wildman–Crippen MR) is 102 cm³/mol. The van der Waals surface area contributed by atoms with E-state index in [1.165, 1.54) is 12.3 Å². The van der Waals surface area contributed by atoms with Gasteiger partial charge in [-0.1, -0.05) is 18.2 Å². The minimum absolute atomic E-state index is 0.426. The highest BCUT2D eigenvalue weighted by molar-refractivity contribution is 5.84. The number of rotatable bonds is 4. The van der Waals surface area contributed by atoms with Crippen molar-refractivity contribution in [3.63, 3.8) is 0 Å². The summed E-state index contributed by atoms with van der Waals surface area (Å²) >= 11 is 0. The van der Waals surface area contributed by atoms with Gasteiger partial charge in [-0.15, -0.1) is 0 Å². The van der Waals surface area contributed by atoms with Crippen LogP contribution in [-0.2, 0) is 6.18 Å². The minimum Gasteiger partial charge on any atom is -0.321 e. The van der Waals surface area contributed by atoms with Gasteiger partial charge in [-0.3, -0.25) is 9.67 Å². The molecular formula is C20H15F3N6. The Morgan fingerprint density at radius 1 is 0.966 bits per heavy atom. The summed E-state index contributed by atoms with van der Waals surface area (Å²) in [5.41, 5.74) is 1.88. The first-order chi connectivity index (χ1) is 14.0. The van der Waals surface area contributed by atoms with Crippen LogP contribution in [0.25, 0.3) is 22.0 Å². The van der Waals surface area contributed by atoms with Gasteiger partial charge in [-0.2, -0.15) is 18.3 Å². The fraction of sp³-hybridized carbons (Fsp3) is 0.200. The molecule has 0 saturated heterocycles. The van der Waals surface area contributed by atoms with Crippen molar-refractivity contribution in [1.29, 1.82) is 0 Å². The van der Waals surface area contributed by atoms with E-state index < -0.39 is 11.9 Å². The molecule has 1 aromatic carbocycles. The number of alkyl halides is 3. The number of pyridine rings is 1. The van der Waals surface area contributed by atoms with Gasteiger partial charge in [0.15, 0.2) is 0 Å². The standard InChI is InChI=1S/C20H15F3N6/c21-20(22,23)18-6-3-13(8-24-18)12-1-2-14-9-25-19(28-17(14)7-12)27-15-10-26-29(11-15)16-4-5-16/h1-3,6-11,16H,4-5H2,(H,25,27,28). The van der Waals surface area contributed by atoms with E-state index in [9.17, 15) is 13.2 Å². The third-order valence-electron chi connectivity index (χ3n) is 4.75. The summed E-state index contributed by atoms with van der Waals surface area (Å²) in [4.78, 5) is 12.4. The van der Waals surface area contributed by atoms with Crippen molar-refractivity contribution < 1.29 is 13.2 Å². The van der Waals surface area contributed by atoms with Gasteiger partial charge in [-0.25, -0.2) is 9.97 Å². The molecule has 29 heavy (non-hydrogen) atoms. The fourth-order valence-corrected chi connectivity index (χ4v) is 3.07. The highest BCUT2D eigenvalue weighted by Crippen LogP contribution is 2.35. The molecule has 0 spiro atoms. The number of aromatic nitrogens is 5. The van der Waals surface area contributed by atoms with Crippen LogP contribution in [0.4, 0.5) is 24.8 Å². The molecule has 0 unspecified atom stereocenters. The highest BCUT2D eigenvalue weighted by Gasteiger charge is 2.32. The number of fused-ring (bicyclic) bond motifs is 1. The van der Waals surface area contributed by atoms with E-state index in [4.69, 9.17) is 0 Å². The molecule has 1 fully saturated rings. The molecule has 0 amide bonds. The van der Waals surface area contributed by atoms with Crippen LogP contribution in [0, 0.1) is 0 Å². The molecule has 1 saturated carbocycles. The van der Waals surface area contributed by atoms with Gasteiger partial charge in [0.05, 0.1) is 23.4 Å². The molecule has 5 rings (SSSR count). The number of nitrogens with one attached hydrogen (secondary N) is 1. The number of benzene rings is 1. The van der Waals surface area contributed by atoms with E-state index in [0.29, 0.717) is 23.1 Å². The van der Waals surface area contributed by atoms with E-state index in [1.807, 2.05) is 23.0 Å². The number of anilines is 2. The Labute approximate surface area is 163 Å². The average Bonchev–Trinajstić information content (AvgIpc) is 3.46. The first-order valence-corrected chi connectivity index (χ1v) is 9.07. The number of hydrogen-bond acceptors (Lipinski definition) is 5. The van der Waals surface area contributed by atoms with Crippen LogP contribution in [-0.4, -0.2) is 24.7 Å². The normalized spacial score (nSPS) is 14.3. The Balaban J connectivity index is 1.42. The molecule has 1 aliphatic carbocycles. The summed E-state index contributed by atoms with van der Waals surface area (Å²) in [5, 5.41) is 8.29. The van der Waals surface area contributed by atoms with Crippen LogP contribution in [0.15, 0.2) is 55.1 Å². The van der Waals surface area contributed by atoms with Crippen molar-refractivity contribution in [2.75, 3.05) is 5.32 Å². The van der Waals surface area contributed by atoms with Crippen LogP contribution in [0.2, 0.25) is 0 Å². The third-order valence-corrected chi connectivity index (χ3v) is 4.75. The largest absolute Gasteiger partial charge is 0.433 e. The van der Waals surface area contributed by atoms with Crippen molar-refractivity contribution in [1.82, 2.24) is 24.7 Å². The van der Waals surface area contributed by atoms with Gasteiger partial charge in [0.2, 0.25) is 5.95 Å². The molecule has 0 aliphatic heterocycles. The van der Waals surface area contributed by atoms with E-state index in [-0.39, 0.29) is 0 Å². The highest BCUT2D eigenvalue weighted by atomic mass is 19.4. The summed E-state index contributed by atoms with van der Waals surface area (Å²) < 4.78 is 40.1. The summed E-state index contributed by atoms with van der Waals surface area (Å²) in [5.74, 6) is 0.426. The topological polar surface area (TPSA) is 68.5 Å². The lowest BCUT2D eigenvalue weighted by molar-refractivity contribution is -0.141. The van der Waals surface area contributed by atoms with Crippen LogP contribution in [0.1, 0.15) is 24.6 Å². The lowest BCUT2D eigenvalue weighted by Crippen LogP contribution is -2.07. The summed E-state index contributed by atoms with van der Waals surface area (Å²) in [6, 6.07) is 8.32. The monoisotopic (exact) mass is 396 g/mol. The van der Waals surface area contributed by atoms with Gasteiger partial charge >= 0.3 is 6.18 Å². The van der Waals surface area contributed by atoms with Crippen molar-refractivity contribution in [3.05, 3.63) is 60.8 Å². The van der Waals surface area contributed by atoms with Crippen molar-refractivity contribution in [2.45, 2.75) is 25.1 Å². The zero-order valence-corrected chi connectivity index (χ0v) is 15.1. The number of nitrogens with zero attached hydrogens (tertiary/aromatic N) is 5. The SMILES string of the molecule is FC(F)(F)c1ccc(-c2ccc3cnc(Nc4cnn(C5CC5)c4)nc3c2)cn1. The molecule has 0 bridgehead atoms. The lowest BCUT2D eigenvalue weighted by Gasteiger charge is -2.08. The van der Waals surface area contributed by atoms with Crippen LogP contribution in [0.3, 0.4) is 0 Å². The Hall–Kier alpha value is -3.49.